The van der Waals surface area contributed by atoms with Gasteiger partial charge < -0.3 is 15.0 Å². The summed E-state index contributed by atoms with van der Waals surface area (Å²) in [5.74, 6) is 0. The van der Waals surface area contributed by atoms with E-state index in [1.54, 1.807) is 15.8 Å². The summed E-state index contributed by atoms with van der Waals surface area (Å²) in [6, 6.07) is 9.39. The molecule has 1 aliphatic heterocycles. The van der Waals surface area contributed by atoms with Crippen LogP contribution in [-0.4, -0.2) is 46.0 Å². The van der Waals surface area contributed by atoms with Crippen LogP contribution in [0, 0.1) is 0 Å². The first-order chi connectivity index (χ1) is 10.6. The van der Waals surface area contributed by atoms with Gasteiger partial charge in [0, 0.05) is 31.2 Å². The predicted octanol–water partition coefficient (Wildman–Crippen LogP) is 2.51. The molecule has 0 aliphatic carbocycles. The average Bonchev–Trinajstić information content (AvgIpc) is 3.00. The lowest BCUT2D eigenvalue weighted by Crippen LogP contribution is -2.49. The summed E-state index contributed by atoms with van der Waals surface area (Å²) in [5, 5.41) is 7.14. The van der Waals surface area contributed by atoms with Gasteiger partial charge in [-0.05, 0) is 38.1 Å². The fraction of sp³-hybridized carbons (Fsp3) is 0.375. The Bertz CT molecular complexity index is 631. The predicted molar refractivity (Wildman–Crippen MR) is 84.2 cm³/mol. The van der Waals surface area contributed by atoms with Crippen molar-refractivity contribution in [3.8, 4) is 5.69 Å². The van der Waals surface area contributed by atoms with Crippen molar-refractivity contribution in [2.24, 2.45) is 0 Å². The number of nitrogens with one attached hydrogen (secondary N) is 1. The standard InChI is InChI=1S/C16H20N4O2/c1-12-10-19(11-13(2)22-12)16(21)18-14-5-3-6-15(9-14)20-8-4-7-17-20/h3-9,12-13H,10-11H2,1-2H3,(H,18,21). The van der Waals surface area contributed by atoms with Gasteiger partial charge in [-0.15, -0.1) is 0 Å². The lowest BCUT2D eigenvalue weighted by atomic mass is 10.2. The summed E-state index contributed by atoms with van der Waals surface area (Å²) < 4.78 is 7.41. The molecule has 2 unspecified atom stereocenters. The Morgan fingerprint density at radius 1 is 1.27 bits per heavy atom. The number of hydrogen-bond donors (Lipinski definition) is 1. The molecule has 6 nitrogen and oxygen atoms in total. The van der Waals surface area contributed by atoms with Gasteiger partial charge >= 0.3 is 6.03 Å². The Balaban J connectivity index is 1.70. The number of anilines is 1. The highest BCUT2D eigenvalue weighted by atomic mass is 16.5. The van der Waals surface area contributed by atoms with Crippen LogP contribution in [0.3, 0.4) is 0 Å². The molecular weight excluding hydrogens is 280 g/mol. The Morgan fingerprint density at radius 2 is 2.05 bits per heavy atom. The molecule has 1 aliphatic rings. The first-order valence-corrected chi connectivity index (χ1v) is 7.43. The van der Waals surface area contributed by atoms with Gasteiger partial charge in [0.05, 0.1) is 17.9 Å². The topological polar surface area (TPSA) is 59.4 Å². The van der Waals surface area contributed by atoms with Gasteiger partial charge in [0.25, 0.3) is 0 Å². The van der Waals surface area contributed by atoms with Crippen molar-refractivity contribution in [2.45, 2.75) is 26.1 Å². The number of nitrogens with zero attached hydrogens (tertiary/aromatic N) is 3. The average molecular weight is 300 g/mol. The molecule has 1 N–H and O–H groups in total. The Hall–Kier alpha value is -2.34. The fourth-order valence-electron chi connectivity index (χ4n) is 2.69. The highest BCUT2D eigenvalue weighted by Crippen LogP contribution is 2.16. The van der Waals surface area contributed by atoms with Gasteiger partial charge in [0.1, 0.15) is 0 Å². The molecule has 2 atom stereocenters. The molecule has 22 heavy (non-hydrogen) atoms. The van der Waals surface area contributed by atoms with E-state index in [9.17, 15) is 4.79 Å². The summed E-state index contributed by atoms with van der Waals surface area (Å²) in [4.78, 5) is 14.2. The molecule has 0 radical (unpaired) electrons. The maximum atomic E-state index is 12.4. The van der Waals surface area contributed by atoms with Crippen molar-refractivity contribution >= 4 is 11.7 Å². The molecule has 116 valence electrons. The SMILES string of the molecule is CC1CN(C(=O)Nc2cccc(-n3cccn3)c2)CC(C)O1. The van der Waals surface area contributed by atoms with Crippen molar-refractivity contribution in [1.29, 1.82) is 0 Å². The largest absolute Gasteiger partial charge is 0.372 e. The van der Waals surface area contributed by atoms with Crippen LogP contribution in [0.2, 0.25) is 0 Å². The highest BCUT2D eigenvalue weighted by molar-refractivity contribution is 5.89. The van der Waals surface area contributed by atoms with E-state index in [-0.39, 0.29) is 18.2 Å². The first kappa shape index (κ1) is 14.6. The van der Waals surface area contributed by atoms with Crippen molar-refractivity contribution in [1.82, 2.24) is 14.7 Å². The molecular formula is C16H20N4O2. The minimum atomic E-state index is -0.0976. The Kier molecular flexibility index (Phi) is 4.11. The minimum absolute atomic E-state index is 0.0601. The number of morpholine rings is 1. The third kappa shape index (κ3) is 3.28. The van der Waals surface area contributed by atoms with Gasteiger partial charge in [-0.2, -0.15) is 5.10 Å². The summed E-state index contributed by atoms with van der Waals surface area (Å²) in [5.41, 5.74) is 1.66. The van der Waals surface area contributed by atoms with Crippen molar-refractivity contribution < 1.29 is 9.53 Å². The quantitative estimate of drug-likeness (QED) is 0.927. The third-order valence-electron chi connectivity index (χ3n) is 3.57. The number of aromatic nitrogens is 2. The molecule has 0 saturated carbocycles. The molecule has 2 amide bonds. The lowest BCUT2D eigenvalue weighted by molar-refractivity contribution is -0.0530. The highest BCUT2D eigenvalue weighted by Gasteiger charge is 2.25. The van der Waals surface area contributed by atoms with Crippen LogP contribution in [0.25, 0.3) is 5.69 Å². The number of urea groups is 1. The van der Waals surface area contributed by atoms with Crippen LogP contribution in [0.5, 0.6) is 0 Å². The van der Waals surface area contributed by atoms with Gasteiger partial charge in [0.2, 0.25) is 0 Å². The van der Waals surface area contributed by atoms with E-state index in [1.165, 1.54) is 0 Å². The van der Waals surface area contributed by atoms with Crippen molar-refractivity contribution in [3.63, 3.8) is 0 Å². The van der Waals surface area contributed by atoms with E-state index in [0.29, 0.717) is 13.1 Å². The first-order valence-electron chi connectivity index (χ1n) is 7.43. The van der Waals surface area contributed by atoms with Crippen LogP contribution in [-0.2, 0) is 4.74 Å². The number of amides is 2. The van der Waals surface area contributed by atoms with E-state index in [0.717, 1.165) is 11.4 Å². The number of hydrogen-bond acceptors (Lipinski definition) is 3. The van der Waals surface area contributed by atoms with Gasteiger partial charge in [0.15, 0.2) is 0 Å². The van der Waals surface area contributed by atoms with E-state index >= 15 is 0 Å². The summed E-state index contributed by atoms with van der Waals surface area (Å²) in [7, 11) is 0. The van der Waals surface area contributed by atoms with Crippen molar-refractivity contribution in [3.05, 3.63) is 42.7 Å². The molecule has 2 heterocycles. The molecule has 3 rings (SSSR count). The van der Waals surface area contributed by atoms with Gasteiger partial charge in [-0.1, -0.05) is 6.07 Å². The number of carbonyl (C=O) groups is 1. The lowest BCUT2D eigenvalue weighted by Gasteiger charge is -2.35. The van der Waals surface area contributed by atoms with Crippen LogP contribution in [0.1, 0.15) is 13.8 Å². The number of benzene rings is 1. The Labute approximate surface area is 129 Å². The zero-order valence-electron chi connectivity index (χ0n) is 12.8. The number of carbonyl (C=O) groups excluding carboxylic acids is 1. The number of ether oxygens (including phenoxy) is 1. The monoisotopic (exact) mass is 300 g/mol. The Morgan fingerprint density at radius 3 is 2.73 bits per heavy atom. The maximum absolute atomic E-state index is 12.4. The van der Waals surface area contributed by atoms with Crippen LogP contribution >= 0.6 is 0 Å². The summed E-state index contributed by atoms with van der Waals surface area (Å²) in [6.45, 7) is 5.17. The van der Waals surface area contributed by atoms with Crippen molar-refractivity contribution in [2.75, 3.05) is 18.4 Å². The van der Waals surface area contributed by atoms with E-state index in [2.05, 4.69) is 10.4 Å². The molecule has 2 aromatic rings. The second-order valence-corrected chi connectivity index (χ2v) is 5.59. The van der Waals surface area contributed by atoms with Gasteiger partial charge in [-0.3, -0.25) is 0 Å². The molecule has 6 heteroatoms. The van der Waals surface area contributed by atoms with Crippen LogP contribution < -0.4 is 5.32 Å². The second-order valence-electron chi connectivity index (χ2n) is 5.59. The smallest absolute Gasteiger partial charge is 0.322 e. The second kappa shape index (κ2) is 6.19. The number of rotatable bonds is 2. The zero-order valence-corrected chi connectivity index (χ0v) is 12.8. The summed E-state index contributed by atoms with van der Waals surface area (Å²) in [6.07, 6.45) is 3.71. The molecule has 1 aromatic heterocycles. The van der Waals surface area contributed by atoms with E-state index in [4.69, 9.17) is 4.74 Å². The molecule has 1 fully saturated rings. The van der Waals surface area contributed by atoms with Crippen LogP contribution in [0.4, 0.5) is 10.5 Å². The molecule has 0 spiro atoms. The van der Waals surface area contributed by atoms with Crippen LogP contribution in [0.15, 0.2) is 42.7 Å². The molecule has 0 bridgehead atoms. The van der Waals surface area contributed by atoms with E-state index in [1.807, 2.05) is 50.4 Å². The zero-order chi connectivity index (χ0) is 15.5. The molecule has 1 saturated heterocycles. The summed E-state index contributed by atoms with van der Waals surface area (Å²) >= 11 is 0. The van der Waals surface area contributed by atoms with E-state index < -0.39 is 0 Å². The normalized spacial score (nSPS) is 21.6. The van der Waals surface area contributed by atoms with Gasteiger partial charge in [-0.25, -0.2) is 9.48 Å². The minimum Gasteiger partial charge on any atom is -0.372 e. The molecule has 1 aromatic carbocycles. The maximum Gasteiger partial charge on any atom is 0.322 e. The fourth-order valence-corrected chi connectivity index (χ4v) is 2.69. The third-order valence-corrected chi connectivity index (χ3v) is 3.57.